The van der Waals surface area contributed by atoms with Gasteiger partial charge in [-0.15, -0.1) is 4.24 Å². The minimum Gasteiger partial charge on any atom is -0.452 e. The number of furan rings is 1. The first-order valence-corrected chi connectivity index (χ1v) is 4.19. The van der Waals surface area contributed by atoms with Gasteiger partial charge in [-0.3, -0.25) is 0 Å². The second-order valence-electron chi connectivity index (χ2n) is 1.51. The molecule has 0 atom stereocenters. The van der Waals surface area contributed by atoms with Gasteiger partial charge >= 0.3 is 0 Å². The zero-order valence-electron chi connectivity index (χ0n) is 4.74. The van der Waals surface area contributed by atoms with Crippen LogP contribution in [0.2, 0.25) is 0 Å². The number of hydrogen-bond acceptors (Lipinski definition) is 3. The molecule has 0 saturated heterocycles. The highest BCUT2D eigenvalue weighted by Crippen LogP contribution is 2.07. The molecule has 0 aromatic carbocycles. The first-order chi connectivity index (χ1) is 4.67. The van der Waals surface area contributed by atoms with E-state index in [0.717, 1.165) is 0 Å². The average molecular weight is 182 g/mol. The van der Waals surface area contributed by atoms with Gasteiger partial charge in [-0.1, -0.05) is 0 Å². The third kappa shape index (κ3) is 1.31. The van der Waals surface area contributed by atoms with Crippen LogP contribution in [0.25, 0.3) is 0 Å². The smallest absolute Gasteiger partial charge is 0.287 e. The van der Waals surface area contributed by atoms with Crippen molar-refractivity contribution in [1.29, 1.82) is 0 Å². The molecule has 4 nitrogen and oxygen atoms in total. The minimum absolute atomic E-state index is 0.192. The Hall–Kier alpha value is -0.520. The summed E-state index contributed by atoms with van der Waals surface area (Å²) in [5.74, 6) is 0. The predicted molar refractivity (Wildman–Crippen MR) is 34.9 cm³/mol. The summed E-state index contributed by atoms with van der Waals surface area (Å²) in [6.07, 6.45) is 1.25. The Balaban J connectivity index is 3.09. The molecule has 0 bridgehead atoms. The van der Waals surface area contributed by atoms with Crippen LogP contribution in [0.4, 0.5) is 0 Å². The van der Waals surface area contributed by atoms with Gasteiger partial charge < -0.3 is 4.42 Å². The van der Waals surface area contributed by atoms with Crippen molar-refractivity contribution >= 4 is 21.8 Å². The Labute approximate surface area is 63.0 Å². The van der Waals surface area contributed by atoms with Gasteiger partial charge in [0.05, 0.1) is 6.26 Å². The Bertz CT molecular complexity index is 290. The summed E-state index contributed by atoms with van der Waals surface area (Å²) < 4.78 is 27.6. The van der Waals surface area contributed by atoms with E-state index in [2.05, 4.69) is 4.42 Å². The molecule has 0 aliphatic heterocycles. The highest BCUT2D eigenvalue weighted by molar-refractivity contribution is 7.90. The zero-order chi connectivity index (χ0) is 7.61. The van der Waals surface area contributed by atoms with Crippen LogP contribution < -0.4 is 4.24 Å². The highest BCUT2D eigenvalue weighted by Gasteiger charge is 2.14. The third-order valence-corrected chi connectivity index (χ3v) is 2.44. The molecule has 0 radical (unpaired) electrons. The molecular formula is C4H4ClNO3S. The van der Waals surface area contributed by atoms with Crippen LogP contribution in [0, 0.1) is 0 Å². The molecule has 1 heterocycles. The van der Waals surface area contributed by atoms with Crippen LogP contribution in [0.5, 0.6) is 0 Å². The number of halogens is 1. The van der Waals surface area contributed by atoms with Gasteiger partial charge in [0.25, 0.3) is 10.0 Å². The van der Waals surface area contributed by atoms with Crippen LogP contribution in [0.3, 0.4) is 0 Å². The van der Waals surface area contributed by atoms with Crippen LogP contribution in [-0.4, -0.2) is 8.42 Å². The molecule has 1 aromatic heterocycles. The molecule has 0 fully saturated rings. The zero-order valence-corrected chi connectivity index (χ0v) is 6.32. The lowest BCUT2D eigenvalue weighted by molar-refractivity contribution is 0.449. The van der Waals surface area contributed by atoms with Crippen molar-refractivity contribution in [3.63, 3.8) is 0 Å². The molecule has 10 heavy (non-hydrogen) atoms. The van der Waals surface area contributed by atoms with Gasteiger partial charge in [0.2, 0.25) is 5.09 Å². The second kappa shape index (κ2) is 2.61. The van der Waals surface area contributed by atoms with E-state index in [0.29, 0.717) is 0 Å². The van der Waals surface area contributed by atoms with E-state index in [-0.39, 0.29) is 5.09 Å². The topological polar surface area (TPSA) is 59.3 Å². The molecule has 1 aromatic rings. The molecule has 0 unspecified atom stereocenters. The van der Waals surface area contributed by atoms with E-state index in [1.165, 1.54) is 18.4 Å². The van der Waals surface area contributed by atoms with Crippen molar-refractivity contribution in [1.82, 2.24) is 4.24 Å². The maximum absolute atomic E-state index is 10.7. The van der Waals surface area contributed by atoms with Gasteiger partial charge in [-0.05, 0) is 23.9 Å². The number of nitrogens with one attached hydrogen (secondary N) is 1. The van der Waals surface area contributed by atoms with E-state index in [1.807, 2.05) is 0 Å². The van der Waals surface area contributed by atoms with Crippen molar-refractivity contribution in [2.75, 3.05) is 0 Å². The molecule has 1 rings (SSSR count). The fourth-order valence-corrected chi connectivity index (χ4v) is 1.20. The van der Waals surface area contributed by atoms with Crippen LogP contribution in [-0.2, 0) is 10.0 Å². The standard InChI is InChI=1S/C4H4ClNO3S/c5-6-10(7,8)4-2-1-3-9-4/h1-3,6H. The number of rotatable bonds is 2. The summed E-state index contributed by atoms with van der Waals surface area (Å²) in [6.45, 7) is 0. The SMILES string of the molecule is O=S(=O)(NCl)c1ccco1. The number of sulfonamides is 1. The monoisotopic (exact) mass is 181 g/mol. The van der Waals surface area contributed by atoms with Crippen molar-refractivity contribution < 1.29 is 12.8 Å². The van der Waals surface area contributed by atoms with Gasteiger partial charge in [-0.25, -0.2) is 8.42 Å². The molecule has 0 aliphatic rings. The fourth-order valence-electron chi connectivity index (χ4n) is 0.454. The molecule has 1 N–H and O–H groups in total. The Kier molecular flexibility index (Phi) is 1.98. The van der Waals surface area contributed by atoms with E-state index < -0.39 is 10.0 Å². The summed E-state index contributed by atoms with van der Waals surface area (Å²) in [5.41, 5.74) is 0. The lowest BCUT2D eigenvalue weighted by atomic mass is 10.7. The molecule has 56 valence electrons. The largest absolute Gasteiger partial charge is 0.452 e. The summed E-state index contributed by atoms with van der Waals surface area (Å²) in [4.78, 5) is 0. The van der Waals surface area contributed by atoms with E-state index in [4.69, 9.17) is 11.8 Å². The van der Waals surface area contributed by atoms with Crippen LogP contribution in [0.15, 0.2) is 27.9 Å². The molecule has 6 heteroatoms. The third-order valence-electron chi connectivity index (χ3n) is 0.861. The maximum Gasteiger partial charge on any atom is 0.287 e. The Morgan fingerprint density at radius 3 is 2.70 bits per heavy atom. The predicted octanol–water partition coefficient (Wildman–Crippen LogP) is 0.712. The number of hydrogen-bond donors (Lipinski definition) is 1. The highest BCUT2D eigenvalue weighted by atomic mass is 35.5. The average Bonchev–Trinajstić information content (AvgIpc) is 2.38. The van der Waals surface area contributed by atoms with Crippen molar-refractivity contribution in [3.8, 4) is 0 Å². The normalized spacial score (nSPS) is 11.7. The van der Waals surface area contributed by atoms with Gasteiger partial charge in [0.15, 0.2) is 0 Å². The maximum atomic E-state index is 10.7. The van der Waals surface area contributed by atoms with Gasteiger partial charge in [0, 0.05) is 0 Å². The van der Waals surface area contributed by atoms with E-state index >= 15 is 0 Å². The summed E-state index contributed by atoms with van der Waals surface area (Å²) in [6, 6.07) is 2.76. The molecular weight excluding hydrogens is 178 g/mol. The van der Waals surface area contributed by atoms with Crippen molar-refractivity contribution in [3.05, 3.63) is 18.4 Å². The van der Waals surface area contributed by atoms with Gasteiger partial charge in [-0.2, -0.15) is 0 Å². The van der Waals surface area contributed by atoms with Crippen molar-refractivity contribution in [2.24, 2.45) is 0 Å². The van der Waals surface area contributed by atoms with Crippen LogP contribution >= 0.6 is 11.8 Å². The quantitative estimate of drug-likeness (QED) is 0.684. The molecule has 0 saturated carbocycles. The molecule has 0 spiro atoms. The lowest BCUT2D eigenvalue weighted by Crippen LogP contribution is -2.12. The summed E-state index contributed by atoms with van der Waals surface area (Å²) >= 11 is 4.89. The Morgan fingerprint density at radius 2 is 2.30 bits per heavy atom. The second-order valence-corrected chi connectivity index (χ2v) is 3.54. The van der Waals surface area contributed by atoms with Crippen LogP contribution in [0.1, 0.15) is 0 Å². The van der Waals surface area contributed by atoms with Gasteiger partial charge in [0.1, 0.15) is 0 Å². The van der Waals surface area contributed by atoms with E-state index in [9.17, 15) is 8.42 Å². The van der Waals surface area contributed by atoms with Crippen molar-refractivity contribution in [2.45, 2.75) is 5.09 Å². The first kappa shape index (κ1) is 7.59. The van der Waals surface area contributed by atoms with E-state index in [1.54, 1.807) is 4.24 Å². The molecule has 0 aliphatic carbocycles. The summed E-state index contributed by atoms with van der Waals surface area (Å²) in [5, 5.41) is -0.192. The lowest BCUT2D eigenvalue weighted by Gasteiger charge is -1.91. The Morgan fingerprint density at radius 1 is 1.60 bits per heavy atom. The molecule has 0 amide bonds. The first-order valence-electron chi connectivity index (χ1n) is 2.33. The summed E-state index contributed by atoms with van der Waals surface area (Å²) in [7, 11) is -3.61. The minimum atomic E-state index is -3.61. The fraction of sp³-hybridized carbons (Fsp3) is 0.